The van der Waals surface area contributed by atoms with Crippen molar-refractivity contribution in [2.75, 3.05) is 26.4 Å². The Labute approximate surface area is 234 Å². The molecule has 0 aromatic heterocycles. The number of benzene rings is 3. The van der Waals surface area contributed by atoms with E-state index in [2.05, 4.69) is 0 Å². The van der Waals surface area contributed by atoms with Gasteiger partial charge in [0.05, 0.1) is 26.4 Å². The molecule has 0 radical (unpaired) electrons. The largest absolute Gasteiger partial charge is 0.465 e. The zero-order valence-corrected chi connectivity index (χ0v) is 24.1. The summed E-state index contributed by atoms with van der Waals surface area (Å²) in [7, 11) is 0. The fourth-order valence-corrected chi connectivity index (χ4v) is 5.01. The number of esters is 4. The van der Waals surface area contributed by atoms with Crippen LogP contribution in [-0.4, -0.2) is 50.3 Å². The molecular weight excluding hydrogens is 512 g/mol. The minimum absolute atomic E-state index is 0.0268. The number of carbonyl (C=O) groups is 4. The van der Waals surface area contributed by atoms with Gasteiger partial charge in [0.15, 0.2) is 10.8 Å². The number of carbonyl (C=O) groups excluding carboxylic acids is 4. The molecule has 0 amide bonds. The molecule has 0 aliphatic rings. The van der Waals surface area contributed by atoms with Crippen LogP contribution in [0.25, 0.3) is 21.5 Å². The van der Waals surface area contributed by atoms with Crippen LogP contribution >= 0.6 is 0 Å². The molecule has 0 spiro atoms. The third-order valence-electron chi connectivity index (χ3n) is 7.12. The molecule has 0 saturated carbocycles. The Balaban J connectivity index is 2.32. The van der Waals surface area contributed by atoms with E-state index in [0.29, 0.717) is 0 Å². The zero-order valence-electron chi connectivity index (χ0n) is 24.1. The lowest BCUT2D eigenvalue weighted by Crippen LogP contribution is -2.42. The summed E-state index contributed by atoms with van der Waals surface area (Å²) in [5.41, 5.74) is -1.67. The number of fused-ring (bicyclic) bond motifs is 2. The van der Waals surface area contributed by atoms with Crippen LogP contribution in [0.15, 0.2) is 48.5 Å². The molecular formula is C32H38O8. The summed E-state index contributed by atoms with van der Waals surface area (Å²) >= 11 is 0. The summed E-state index contributed by atoms with van der Waals surface area (Å²) in [4.78, 5) is 52.6. The fraction of sp³-hybridized carbons (Fsp3) is 0.438. The van der Waals surface area contributed by atoms with Gasteiger partial charge in [-0.15, -0.1) is 0 Å². The van der Waals surface area contributed by atoms with E-state index in [1.54, 1.807) is 41.5 Å². The molecule has 0 atom stereocenters. The lowest BCUT2D eigenvalue weighted by molar-refractivity contribution is -0.172. The molecule has 214 valence electrons. The SMILES string of the molecule is CCOC(=O)C(C)(Cc1c2ccccc2c(CC(C)(C(=O)OCC)C(=O)OCC)c2ccccc12)C(=O)OCC. The summed E-state index contributed by atoms with van der Waals surface area (Å²) < 4.78 is 21.3. The van der Waals surface area contributed by atoms with Crippen LogP contribution in [0.5, 0.6) is 0 Å². The van der Waals surface area contributed by atoms with Crippen molar-refractivity contribution in [2.45, 2.75) is 54.4 Å². The van der Waals surface area contributed by atoms with Gasteiger partial charge in [0.2, 0.25) is 0 Å². The molecule has 0 heterocycles. The molecule has 8 heteroatoms. The van der Waals surface area contributed by atoms with E-state index in [1.807, 2.05) is 48.5 Å². The van der Waals surface area contributed by atoms with Gasteiger partial charge < -0.3 is 18.9 Å². The second-order valence-electron chi connectivity index (χ2n) is 9.95. The van der Waals surface area contributed by atoms with E-state index in [0.717, 1.165) is 32.7 Å². The molecule has 0 saturated heterocycles. The fourth-order valence-electron chi connectivity index (χ4n) is 5.01. The van der Waals surface area contributed by atoms with Crippen LogP contribution in [0.4, 0.5) is 0 Å². The highest BCUT2D eigenvalue weighted by molar-refractivity contribution is 6.09. The van der Waals surface area contributed by atoms with Crippen molar-refractivity contribution in [3.8, 4) is 0 Å². The first-order chi connectivity index (χ1) is 19.1. The Hall–Kier alpha value is -3.94. The quantitative estimate of drug-likeness (QED) is 0.129. The zero-order chi connectivity index (χ0) is 29.5. The average molecular weight is 551 g/mol. The van der Waals surface area contributed by atoms with Crippen molar-refractivity contribution in [3.63, 3.8) is 0 Å². The van der Waals surface area contributed by atoms with Crippen LogP contribution in [0.3, 0.4) is 0 Å². The Morgan fingerprint density at radius 1 is 0.500 bits per heavy atom. The Morgan fingerprint density at radius 2 is 0.725 bits per heavy atom. The van der Waals surface area contributed by atoms with Gasteiger partial charge in [0, 0.05) is 12.8 Å². The third-order valence-corrected chi connectivity index (χ3v) is 7.12. The van der Waals surface area contributed by atoms with Gasteiger partial charge in [-0.1, -0.05) is 48.5 Å². The molecule has 0 bridgehead atoms. The van der Waals surface area contributed by atoms with E-state index in [9.17, 15) is 19.2 Å². The Bertz CT molecular complexity index is 1210. The minimum atomic E-state index is -1.59. The molecule has 3 aromatic carbocycles. The van der Waals surface area contributed by atoms with Gasteiger partial charge in [-0.3, -0.25) is 19.2 Å². The highest BCUT2D eigenvalue weighted by atomic mass is 16.6. The van der Waals surface area contributed by atoms with Crippen molar-refractivity contribution >= 4 is 45.4 Å². The minimum Gasteiger partial charge on any atom is -0.465 e. The number of hydrogen-bond acceptors (Lipinski definition) is 8. The maximum Gasteiger partial charge on any atom is 0.323 e. The van der Waals surface area contributed by atoms with E-state index in [1.165, 1.54) is 0 Å². The average Bonchev–Trinajstić information content (AvgIpc) is 2.94. The third kappa shape index (κ3) is 5.81. The molecule has 3 rings (SSSR count). The highest BCUT2D eigenvalue weighted by Crippen LogP contribution is 2.40. The monoisotopic (exact) mass is 550 g/mol. The molecule has 3 aromatic rings. The summed E-state index contributed by atoms with van der Waals surface area (Å²) in [6, 6.07) is 15.1. The van der Waals surface area contributed by atoms with Crippen LogP contribution in [0.1, 0.15) is 52.7 Å². The maximum atomic E-state index is 13.2. The molecule has 8 nitrogen and oxygen atoms in total. The molecule has 0 aliphatic carbocycles. The van der Waals surface area contributed by atoms with Gasteiger partial charge >= 0.3 is 23.9 Å². The first-order valence-electron chi connectivity index (χ1n) is 13.7. The summed E-state index contributed by atoms with van der Waals surface area (Å²) in [6.45, 7) is 10.3. The Morgan fingerprint density at radius 3 is 0.925 bits per heavy atom. The lowest BCUT2D eigenvalue weighted by Gasteiger charge is -2.29. The molecule has 40 heavy (non-hydrogen) atoms. The van der Waals surface area contributed by atoms with E-state index >= 15 is 0 Å². The molecule has 0 unspecified atom stereocenters. The smallest absolute Gasteiger partial charge is 0.323 e. The van der Waals surface area contributed by atoms with Gasteiger partial charge in [-0.05, 0) is 74.2 Å². The first-order valence-corrected chi connectivity index (χ1v) is 13.7. The van der Waals surface area contributed by atoms with Crippen LogP contribution in [-0.2, 0) is 51.0 Å². The predicted octanol–water partition coefficient (Wildman–Crippen LogP) is 5.34. The topological polar surface area (TPSA) is 105 Å². The predicted molar refractivity (Wildman–Crippen MR) is 152 cm³/mol. The van der Waals surface area contributed by atoms with Crippen LogP contribution < -0.4 is 0 Å². The second kappa shape index (κ2) is 12.9. The molecule has 0 aliphatic heterocycles. The van der Waals surface area contributed by atoms with Gasteiger partial charge in [-0.2, -0.15) is 0 Å². The summed E-state index contributed by atoms with van der Waals surface area (Å²) in [6.07, 6.45) is 0.0536. The Kier molecular flexibility index (Phi) is 9.90. The summed E-state index contributed by atoms with van der Waals surface area (Å²) in [5.74, 6) is -2.66. The van der Waals surface area contributed by atoms with Crippen molar-refractivity contribution in [3.05, 3.63) is 59.7 Å². The van der Waals surface area contributed by atoms with Crippen molar-refractivity contribution in [1.29, 1.82) is 0 Å². The lowest BCUT2D eigenvalue weighted by atomic mass is 9.76. The summed E-state index contributed by atoms with van der Waals surface area (Å²) in [5, 5.41) is 3.13. The first kappa shape index (κ1) is 30.6. The van der Waals surface area contributed by atoms with E-state index in [4.69, 9.17) is 18.9 Å². The van der Waals surface area contributed by atoms with Crippen molar-refractivity contribution in [2.24, 2.45) is 10.8 Å². The van der Waals surface area contributed by atoms with Crippen LogP contribution in [0.2, 0.25) is 0 Å². The van der Waals surface area contributed by atoms with Crippen LogP contribution in [0, 0.1) is 10.8 Å². The van der Waals surface area contributed by atoms with E-state index in [-0.39, 0.29) is 39.3 Å². The van der Waals surface area contributed by atoms with Gasteiger partial charge in [0.1, 0.15) is 0 Å². The van der Waals surface area contributed by atoms with E-state index < -0.39 is 34.7 Å². The van der Waals surface area contributed by atoms with Crippen molar-refractivity contribution < 1.29 is 38.1 Å². The van der Waals surface area contributed by atoms with Gasteiger partial charge in [0.25, 0.3) is 0 Å². The second-order valence-corrected chi connectivity index (χ2v) is 9.95. The maximum absolute atomic E-state index is 13.2. The standard InChI is InChI=1S/C32H38O8/c1-7-37-27(33)31(5,28(34)38-8-2)19-25-21-15-11-13-17-23(21)26(24-18-14-12-16-22(24)25)20-32(6,29(35)39-9-3)30(36)40-10-4/h11-18H,7-10,19-20H2,1-6H3. The molecule has 0 fully saturated rings. The highest BCUT2D eigenvalue weighted by Gasteiger charge is 2.47. The molecule has 0 N–H and O–H groups in total. The number of ether oxygens (including phenoxy) is 4. The van der Waals surface area contributed by atoms with Gasteiger partial charge in [-0.25, -0.2) is 0 Å². The normalized spacial score (nSPS) is 11.8. The van der Waals surface area contributed by atoms with Crippen molar-refractivity contribution in [1.82, 2.24) is 0 Å². The number of hydrogen-bond donors (Lipinski definition) is 0. The number of rotatable bonds is 12.